The molecule has 0 aliphatic carbocycles. The number of hydrogen-bond donors (Lipinski definition) is 0. The summed E-state index contributed by atoms with van der Waals surface area (Å²) in [4.78, 5) is 10.0. The van der Waals surface area contributed by atoms with Gasteiger partial charge in [0.25, 0.3) is 0 Å². The van der Waals surface area contributed by atoms with Gasteiger partial charge in [-0.1, -0.05) is 0 Å². The summed E-state index contributed by atoms with van der Waals surface area (Å²) in [5.41, 5.74) is -1.08. The summed E-state index contributed by atoms with van der Waals surface area (Å²) < 4.78 is 36.6. The fourth-order valence-electron chi connectivity index (χ4n) is 0.817. The second-order valence-corrected chi connectivity index (χ2v) is 2.24. The summed E-state index contributed by atoms with van der Waals surface area (Å²) in [7, 11) is 0. The maximum absolute atomic E-state index is 12.0. The van der Waals surface area contributed by atoms with E-state index in [1.54, 1.807) is 0 Å². The lowest BCUT2D eigenvalue weighted by Gasteiger charge is -2.01. The molecule has 0 atom stereocenters. The summed E-state index contributed by atoms with van der Waals surface area (Å²) >= 11 is 0. The van der Waals surface area contributed by atoms with Gasteiger partial charge in [0.05, 0.1) is 0 Å². The zero-order valence-corrected chi connectivity index (χ0v) is 6.09. The number of aryl methyl sites for hydroxylation is 1. The van der Waals surface area contributed by atoms with Crippen LogP contribution in [0.5, 0.6) is 0 Å². The Labute approximate surface area is 65.8 Å². The molecule has 0 aliphatic rings. The van der Waals surface area contributed by atoms with Crippen molar-refractivity contribution >= 4 is 6.41 Å². The zero-order valence-electron chi connectivity index (χ0n) is 6.09. The van der Waals surface area contributed by atoms with Gasteiger partial charge in [-0.25, -0.2) is 4.68 Å². The molecule has 3 nitrogen and oxygen atoms in total. The third kappa shape index (κ3) is 1.46. The summed E-state index contributed by atoms with van der Waals surface area (Å²) in [5, 5.41) is 3.02. The summed E-state index contributed by atoms with van der Waals surface area (Å²) in [6.07, 6.45) is -3.25. The van der Waals surface area contributed by atoms with Crippen LogP contribution in [0.1, 0.15) is 11.3 Å². The van der Waals surface area contributed by atoms with Gasteiger partial charge in [-0.2, -0.15) is 18.3 Å². The number of alkyl halides is 3. The number of carbonyl (C=O) groups is 1. The molecule has 0 saturated carbocycles. The molecule has 1 aromatic rings. The predicted molar refractivity (Wildman–Crippen MR) is 34.1 cm³/mol. The molecule has 0 radical (unpaired) electrons. The molecule has 1 heterocycles. The Morgan fingerprint density at radius 1 is 1.58 bits per heavy atom. The molecule has 12 heavy (non-hydrogen) atoms. The number of aromatic nitrogens is 2. The van der Waals surface area contributed by atoms with Crippen LogP contribution in [0.2, 0.25) is 0 Å². The molecule has 0 saturated heterocycles. The second-order valence-electron chi connectivity index (χ2n) is 2.24. The lowest BCUT2D eigenvalue weighted by atomic mass is 10.3. The van der Waals surface area contributed by atoms with E-state index in [1.807, 2.05) is 0 Å². The molecule has 1 aromatic heterocycles. The molecule has 0 fully saturated rings. The summed E-state index contributed by atoms with van der Waals surface area (Å²) in [5.74, 6) is 0. The van der Waals surface area contributed by atoms with Gasteiger partial charge in [0.15, 0.2) is 5.69 Å². The van der Waals surface area contributed by atoms with Crippen molar-refractivity contribution in [3.63, 3.8) is 0 Å². The van der Waals surface area contributed by atoms with Crippen LogP contribution in [0.15, 0.2) is 6.20 Å². The van der Waals surface area contributed by atoms with Gasteiger partial charge < -0.3 is 0 Å². The standard InChI is InChI=1S/C6H5F3N2O/c1-4-2-11(3-12)10-5(4)6(7,8)9/h2-3H,1H3. The van der Waals surface area contributed by atoms with Crippen molar-refractivity contribution in [2.24, 2.45) is 0 Å². The third-order valence-corrected chi connectivity index (χ3v) is 1.29. The van der Waals surface area contributed by atoms with E-state index in [1.165, 1.54) is 6.92 Å². The predicted octanol–water partition coefficient (Wildman–Crippen LogP) is 1.25. The van der Waals surface area contributed by atoms with Crippen molar-refractivity contribution in [1.82, 2.24) is 9.78 Å². The first-order valence-corrected chi connectivity index (χ1v) is 3.03. The Kier molecular flexibility index (Phi) is 1.91. The highest BCUT2D eigenvalue weighted by molar-refractivity contribution is 5.51. The number of hydrogen-bond acceptors (Lipinski definition) is 2. The van der Waals surface area contributed by atoms with Crippen molar-refractivity contribution in [1.29, 1.82) is 0 Å². The molecule has 0 aliphatic heterocycles. The van der Waals surface area contributed by atoms with Crippen LogP contribution in [-0.4, -0.2) is 16.2 Å². The summed E-state index contributed by atoms with van der Waals surface area (Å²) in [6, 6.07) is 0. The number of carbonyl (C=O) groups excluding carboxylic acids is 1. The molecule has 0 N–H and O–H groups in total. The first kappa shape index (κ1) is 8.76. The van der Waals surface area contributed by atoms with Crippen molar-refractivity contribution < 1.29 is 18.0 Å². The summed E-state index contributed by atoms with van der Waals surface area (Å²) in [6.45, 7) is 1.25. The maximum Gasteiger partial charge on any atom is 0.435 e. The molecule has 0 aromatic carbocycles. The Bertz CT molecular complexity index is 302. The number of nitrogens with zero attached hydrogens (tertiary/aromatic N) is 2. The first-order chi connectivity index (χ1) is 5.45. The van der Waals surface area contributed by atoms with Crippen molar-refractivity contribution in [3.8, 4) is 0 Å². The van der Waals surface area contributed by atoms with E-state index in [9.17, 15) is 18.0 Å². The number of rotatable bonds is 1. The molecule has 0 unspecified atom stereocenters. The smallest absolute Gasteiger partial charge is 0.276 e. The van der Waals surface area contributed by atoms with Crippen molar-refractivity contribution in [2.45, 2.75) is 13.1 Å². The fourth-order valence-corrected chi connectivity index (χ4v) is 0.817. The molecular weight excluding hydrogens is 173 g/mol. The topological polar surface area (TPSA) is 34.9 Å². The van der Waals surface area contributed by atoms with Crippen molar-refractivity contribution in [3.05, 3.63) is 17.5 Å². The molecule has 0 bridgehead atoms. The van der Waals surface area contributed by atoms with Gasteiger partial charge in [0, 0.05) is 11.8 Å². The SMILES string of the molecule is Cc1cn(C=O)nc1C(F)(F)F. The zero-order chi connectivity index (χ0) is 9.35. The van der Waals surface area contributed by atoms with Crippen LogP contribution in [0, 0.1) is 6.92 Å². The fraction of sp³-hybridized carbons (Fsp3) is 0.333. The average Bonchev–Trinajstić information content (AvgIpc) is 2.29. The highest BCUT2D eigenvalue weighted by Crippen LogP contribution is 2.29. The van der Waals surface area contributed by atoms with Gasteiger partial charge in [-0.05, 0) is 6.92 Å². The first-order valence-electron chi connectivity index (χ1n) is 3.03. The highest BCUT2D eigenvalue weighted by Gasteiger charge is 2.35. The van der Waals surface area contributed by atoms with E-state index in [0.29, 0.717) is 4.68 Å². The molecule has 66 valence electrons. The van der Waals surface area contributed by atoms with Gasteiger partial charge >= 0.3 is 6.18 Å². The third-order valence-electron chi connectivity index (χ3n) is 1.29. The molecular formula is C6H5F3N2O. The molecule has 1 rings (SSSR count). The maximum atomic E-state index is 12.0. The lowest BCUT2D eigenvalue weighted by molar-refractivity contribution is -0.141. The second kappa shape index (κ2) is 2.62. The van der Waals surface area contributed by atoms with Crippen molar-refractivity contribution in [2.75, 3.05) is 0 Å². The van der Waals surface area contributed by atoms with E-state index >= 15 is 0 Å². The molecule has 0 spiro atoms. The lowest BCUT2D eigenvalue weighted by Crippen LogP contribution is -2.08. The van der Waals surface area contributed by atoms with E-state index < -0.39 is 11.9 Å². The van der Waals surface area contributed by atoms with Crippen LogP contribution in [0.4, 0.5) is 13.2 Å². The van der Waals surface area contributed by atoms with Crippen LogP contribution in [0.3, 0.4) is 0 Å². The molecule has 0 amide bonds. The van der Waals surface area contributed by atoms with E-state index in [0.717, 1.165) is 6.20 Å². The highest BCUT2D eigenvalue weighted by atomic mass is 19.4. The quantitative estimate of drug-likeness (QED) is 0.606. The Hall–Kier alpha value is -1.33. The van der Waals surface area contributed by atoms with Gasteiger partial charge in [0.2, 0.25) is 6.41 Å². The Morgan fingerprint density at radius 2 is 2.17 bits per heavy atom. The Morgan fingerprint density at radius 3 is 2.42 bits per heavy atom. The monoisotopic (exact) mass is 178 g/mol. The van der Waals surface area contributed by atoms with Gasteiger partial charge in [-0.3, -0.25) is 4.79 Å². The van der Waals surface area contributed by atoms with Crippen LogP contribution in [-0.2, 0) is 11.0 Å². The molecule has 6 heteroatoms. The Balaban J connectivity index is 3.16. The minimum atomic E-state index is -4.49. The average molecular weight is 178 g/mol. The van der Waals surface area contributed by atoms with Crippen LogP contribution < -0.4 is 0 Å². The van der Waals surface area contributed by atoms with E-state index in [2.05, 4.69) is 5.10 Å². The number of halogens is 3. The minimum Gasteiger partial charge on any atom is -0.276 e. The van der Waals surface area contributed by atoms with Gasteiger partial charge in [-0.15, -0.1) is 0 Å². The van der Waals surface area contributed by atoms with Crippen LogP contribution in [0.25, 0.3) is 0 Å². The van der Waals surface area contributed by atoms with E-state index in [4.69, 9.17) is 0 Å². The minimum absolute atomic E-state index is 0.0606. The van der Waals surface area contributed by atoms with Gasteiger partial charge in [0.1, 0.15) is 0 Å². The van der Waals surface area contributed by atoms with E-state index in [-0.39, 0.29) is 12.0 Å². The largest absolute Gasteiger partial charge is 0.435 e. The van der Waals surface area contributed by atoms with Crippen LogP contribution >= 0.6 is 0 Å². The normalized spacial score (nSPS) is 11.7.